The van der Waals surface area contributed by atoms with Gasteiger partial charge in [-0.1, -0.05) is 35.9 Å². The standard InChI is InChI=1S/C22H25ClF3N3O2/c1-27-18(12-14-4-8-16(9-5-14)22(24,25)26)21(31)29(3)19(20(30)28-2)13-15-6-10-17(23)11-7-15/h4-11,18-19,27H,12-13H2,1-3H3,(H,28,30). The predicted molar refractivity (Wildman–Crippen MR) is 114 cm³/mol. The molecule has 0 heterocycles. The summed E-state index contributed by atoms with van der Waals surface area (Å²) in [5.41, 5.74) is 0.660. The number of hydrogen-bond donors (Lipinski definition) is 2. The number of carbonyl (C=O) groups excluding carboxylic acids is 2. The van der Waals surface area contributed by atoms with E-state index in [-0.39, 0.29) is 24.7 Å². The number of amides is 2. The van der Waals surface area contributed by atoms with Crippen LogP contribution in [0.25, 0.3) is 0 Å². The SMILES string of the molecule is CNC(=O)C(Cc1ccc(Cl)cc1)N(C)C(=O)C(Cc1ccc(C(F)(F)F)cc1)NC. The number of benzene rings is 2. The normalized spacial score (nSPS) is 13.4. The van der Waals surface area contributed by atoms with Crippen molar-refractivity contribution in [2.75, 3.05) is 21.1 Å². The van der Waals surface area contributed by atoms with E-state index in [0.29, 0.717) is 10.6 Å². The highest BCUT2D eigenvalue weighted by atomic mass is 35.5. The average molecular weight is 456 g/mol. The van der Waals surface area contributed by atoms with E-state index in [0.717, 1.165) is 17.7 Å². The van der Waals surface area contributed by atoms with E-state index in [1.807, 2.05) is 0 Å². The van der Waals surface area contributed by atoms with E-state index in [1.54, 1.807) is 31.3 Å². The third-order valence-corrected chi connectivity index (χ3v) is 5.33. The number of rotatable bonds is 8. The van der Waals surface area contributed by atoms with E-state index in [9.17, 15) is 22.8 Å². The molecule has 2 unspecified atom stereocenters. The van der Waals surface area contributed by atoms with Gasteiger partial charge in [-0.15, -0.1) is 0 Å². The summed E-state index contributed by atoms with van der Waals surface area (Å²) >= 11 is 5.91. The minimum Gasteiger partial charge on any atom is -0.357 e. The Balaban J connectivity index is 2.16. The van der Waals surface area contributed by atoms with E-state index in [2.05, 4.69) is 10.6 Å². The van der Waals surface area contributed by atoms with Crippen LogP contribution in [0.1, 0.15) is 16.7 Å². The third kappa shape index (κ3) is 6.70. The molecule has 0 bridgehead atoms. The number of carbonyl (C=O) groups is 2. The molecule has 0 radical (unpaired) electrons. The van der Waals surface area contributed by atoms with Gasteiger partial charge in [0.2, 0.25) is 11.8 Å². The number of nitrogens with one attached hydrogen (secondary N) is 2. The summed E-state index contributed by atoms with van der Waals surface area (Å²) in [6, 6.07) is 10.2. The molecular formula is C22H25ClF3N3O2. The highest BCUT2D eigenvalue weighted by Gasteiger charge is 2.32. The van der Waals surface area contributed by atoms with Gasteiger partial charge in [-0.25, -0.2) is 0 Å². The van der Waals surface area contributed by atoms with Crippen LogP contribution < -0.4 is 10.6 Å². The molecule has 168 valence electrons. The summed E-state index contributed by atoms with van der Waals surface area (Å²) < 4.78 is 38.3. The Hall–Kier alpha value is -2.58. The zero-order valence-electron chi connectivity index (χ0n) is 17.5. The summed E-state index contributed by atoms with van der Waals surface area (Å²) in [4.78, 5) is 26.9. The Morgan fingerprint density at radius 1 is 0.968 bits per heavy atom. The second-order valence-corrected chi connectivity index (χ2v) is 7.59. The summed E-state index contributed by atoms with van der Waals surface area (Å²) in [7, 11) is 4.62. The van der Waals surface area contributed by atoms with Crippen LogP contribution in [0.4, 0.5) is 13.2 Å². The lowest BCUT2D eigenvalue weighted by atomic mass is 10.0. The van der Waals surface area contributed by atoms with Gasteiger partial charge in [-0.05, 0) is 48.9 Å². The highest BCUT2D eigenvalue weighted by molar-refractivity contribution is 6.30. The van der Waals surface area contributed by atoms with Gasteiger partial charge in [0.1, 0.15) is 6.04 Å². The van der Waals surface area contributed by atoms with E-state index < -0.39 is 23.8 Å². The van der Waals surface area contributed by atoms with Gasteiger partial charge in [0.15, 0.2) is 0 Å². The van der Waals surface area contributed by atoms with Crippen molar-refractivity contribution < 1.29 is 22.8 Å². The molecule has 5 nitrogen and oxygen atoms in total. The minimum absolute atomic E-state index is 0.180. The zero-order valence-corrected chi connectivity index (χ0v) is 18.2. The molecule has 0 saturated carbocycles. The Bertz CT molecular complexity index is 886. The van der Waals surface area contributed by atoms with Crippen LogP contribution in [0.2, 0.25) is 5.02 Å². The Labute approximate surface area is 184 Å². The lowest BCUT2D eigenvalue weighted by Gasteiger charge is -2.30. The topological polar surface area (TPSA) is 61.4 Å². The number of likely N-dealkylation sites (N-methyl/N-ethyl adjacent to an activating group) is 3. The van der Waals surface area contributed by atoms with E-state index in [1.165, 1.54) is 31.1 Å². The Morgan fingerprint density at radius 3 is 1.97 bits per heavy atom. The van der Waals surface area contributed by atoms with Gasteiger partial charge < -0.3 is 15.5 Å². The van der Waals surface area contributed by atoms with Crippen molar-refractivity contribution >= 4 is 23.4 Å². The van der Waals surface area contributed by atoms with Gasteiger partial charge in [0.25, 0.3) is 0 Å². The van der Waals surface area contributed by atoms with Crippen molar-refractivity contribution in [3.63, 3.8) is 0 Å². The van der Waals surface area contributed by atoms with Crippen molar-refractivity contribution in [2.45, 2.75) is 31.1 Å². The molecule has 0 aliphatic heterocycles. The Morgan fingerprint density at radius 2 is 1.48 bits per heavy atom. The number of alkyl halides is 3. The van der Waals surface area contributed by atoms with Crippen LogP contribution in [0, 0.1) is 0 Å². The molecule has 0 aromatic heterocycles. The lowest BCUT2D eigenvalue weighted by Crippen LogP contribution is -2.54. The molecule has 0 aliphatic carbocycles. The molecule has 0 saturated heterocycles. The first-order chi connectivity index (χ1) is 14.6. The fourth-order valence-electron chi connectivity index (χ4n) is 3.19. The van der Waals surface area contributed by atoms with Crippen molar-refractivity contribution in [2.24, 2.45) is 0 Å². The fourth-order valence-corrected chi connectivity index (χ4v) is 3.32. The van der Waals surface area contributed by atoms with Crippen LogP contribution in [-0.2, 0) is 28.6 Å². The van der Waals surface area contributed by atoms with Crippen LogP contribution in [0.15, 0.2) is 48.5 Å². The zero-order chi connectivity index (χ0) is 23.2. The van der Waals surface area contributed by atoms with Crippen LogP contribution in [0.5, 0.6) is 0 Å². The average Bonchev–Trinajstić information content (AvgIpc) is 2.75. The molecule has 31 heavy (non-hydrogen) atoms. The molecule has 2 rings (SSSR count). The molecular weight excluding hydrogens is 431 g/mol. The molecule has 0 aliphatic rings. The smallest absolute Gasteiger partial charge is 0.357 e. The number of halogens is 4. The van der Waals surface area contributed by atoms with Gasteiger partial charge in [0.05, 0.1) is 11.6 Å². The first-order valence-electron chi connectivity index (χ1n) is 9.63. The highest BCUT2D eigenvalue weighted by Crippen LogP contribution is 2.29. The summed E-state index contributed by atoms with van der Waals surface area (Å²) in [5.74, 6) is -0.667. The van der Waals surface area contributed by atoms with Crippen LogP contribution >= 0.6 is 11.6 Å². The first kappa shape index (κ1) is 24.7. The monoisotopic (exact) mass is 455 g/mol. The number of nitrogens with zero attached hydrogens (tertiary/aromatic N) is 1. The fraction of sp³-hybridized carbons (Fsp3) is 0.364. The van der Waals surface area contributed by atoms with Crippen molar-refractivity contribution in [3.05, 3.63) is 70.2 Å². The molecule has 2 N–H and O–H groups in total. The summed E-state index contributed by atoms with van der Waals surface area (Å²) in [5, 5.41) is 6.04. The maximum Gasteiger partial charge on any atom is 0.416 e. The number of hydrogen-bond acceptors (Lipinski definition) is 3. The van der Waals surface area contributed by atoms with Crippen LogP contribution in [-0.4, -0.2) is 49.9 Å². The van der Waals surface area contributed by atoms with Crippen molar-refractivity contribution in [3.8, 4) is 0 Å². The van der Waals surface area contributed by atoms with E-state index in [4.69, 9.17) is 11.6 Å². The molecule has 0 spiro atoms. The van der Waals surface area contributed by atoms with Gasteiger partial charge >= 0.3 is 6.18 Å². The molecule has 9 heteroatoms. The first-order valence-corrected chi connectivity index (χ1v) is 10.0. The molecule has 0 fully saturated rings. The van der Waals surface area contributed by atoms with Gasteiger partial charge in [-0.3, -0.25) is 9.59 Å². The lowest BCUT2D eigenvalue weighted by molar-refractivity contribution is -0.140. The molecule has 2 aromatic carbocycles. The van der Waals surface area contributed by atoms with Crippen molar-refractivity contribution in [1.29, 1.82) is 0 Å². The second kappa shape index (κ2) is 10.6. The maximum atomic E-state index is 13.1. The Kier molecular flexibility index (Phi) is 8.47. The summed E-state index contributed by atoms with van der Waals surface area (Å²) in [6.45, 7) is 0. The summed E-state index contributed by atoms with van der Waals surface area (Å²) in [6.07, 6.45) is -3.95. The van der Waals surface area contributed by atoms with Crippen LogP contribution in [0.3, 0.4) is 0 Å². The maximum absolute atomic E-state index is 13.1. The molecule has 2 aromatic rings. The predicted octanol–water partition coefficient (Wildman–Crippen LogP) is 3.31. The second-order valence-electron chi connectivity index (χ2n) is 7.15. The minimum atomic E-state index is -4.42. The van der Waals surface area contributed by atoms with Crippen molar-refractivity contribution in [1.82, 2.24) is 15.5 Å². The van der Waals surface area contributed by atoms with Gasteiger partial charge in [-0.2, -0.15) is 13.2 Å². The largest absolute Gasteiger partial charge is 0.416 e. The molecule has 2 atom stereocenters. The van der Waals surface area contributed by atoms with Gasteiger partial charge in [0, 0.05) is 25.5 Å². The quantitative estimate of drug-likeness (QED) is 0.642. The molecule has 2 amide bonds. The van der Waals surface area contributed by atoms with E-state index >= 15 is 0 Å². The third-order valence-electron chi connectivity index (χ3n) is 5.07.